The second-order valence-electron chi connectivity index (χ2n) is 7.27. The van der Waals surface area contributed by atoms with Gasteiger partial charge in [0.25, 0.3) is 0 Å². The summed E-state index contributed by atoms with van der Waals surface area (Å²) in [6.45, 7) is 5.72. The van der Waals surface area contributed by atoms with Gasteiger partial charge < -0.3 is 0 Å². The van der Waals surface area contributed by atoms with Crippen molar-refractivity contribution in [2.24, 2.45) is 10.9 Å². The molecule has 2 heteroatoms. The average Bonchev–Trinajstić information content (AvgIpc) is 2.69. The molecule has 1 nitrogen and oxygen atoms in total. The highest BCUT2D eigenvalue weighted by molar-refractivity contribution is 5.66. The van der Waals surface area contributed by atoms with Gasteiger partial charge in [-0.2, -0.15) is 0 Å². The first-order valence-electron chi connectivity index (χ1n) is 9.74. The molecule has 0 N–H and O–H groups in total. The number of unbranched alkanes of at least 4 members (excludes halogenated alkanes) is 1. The molecule has 1 saturated carbocycles. The molecule has 1 aliphatic carbocycles. The van der Waals surface area contributed by atoms with Gasteiger partial charge in [0.1, 0.15) is 5.82 Å². The van der Waals surface area contributed by atoms with Crippen molar-refractivity contribution < 1.29 is 4.39 Å². The molecule has 0 aliphatic heterocycles. The lowest BCUT2D eigenvalue weighted by Crippen LogP contribution is -2.12. The second-order valence-corrected chi connectivity index (χ2v) is 7.27. The van der Waals surface area contributed by atoms with Gasteiger partial charge in [0, 0.05) is 5.56 Å². The molecule has 0 atom stereocenters. The Hall–Kier alpha value is -2.22. The topological polar surface area (TPSA) is 12.4 Å². The Morgan fingerprint density at radius 1 is 1.08 bits per heavy atom. The van der Waals surface area contributed by atoms with Crippen molar-refractivity contribution in [1.82, 2.24) is 0 Å². The number of nitrogens with zero attached hydrogens (tertiary/aromatic N) is 1. The van der Waals surface area contributed by atoms with Crippen molar-refractivity contribution in [3.8, 4) is 11.1 Å². The van der Waals surface area contributed by atoms with Crippen LogP contribution in [0, 0.1) is 11.7 Å². The Kier molecular flexibility index (Phi) is 6.38. The minimum Gasteiger partial charge on any atom is -0.265 e. The minimum absolute atomic E-state index is 0.133. The summed E-state index contributed by atoms with van der Waals surface area (Å²) in [4.78, 5) is 3.88. The van der Waals surface area contributed by atoms with E-state index in [1.54, 1.807) is 6.07 Å². The number of hydrogen-bond acceptors (Lipinski definition) is 1. The normalized spacial score (nSPS) is 20.4. The van der Waals surface area contributed by atoms with E-state index >= 15 is 0 Å². The smallest absolute Gasteiger partial charge is 0.131 e. The van der Waals surface area contributed by atoms with Gasteiger partial charge >= 0.3 is 0 Å². The number of allylic oxidation sites excluding steroid dienone is 2. The maximum absolute atomic E-state index is 14.7. The third-order valence-electron chi connectivity index (χ3n) is 5.46. The highest BCUT2D eigenvalue weighted by atomic mass is 19.1. The molecule has 0 bridgehead atoms. The predicted octanol–water partition coefficient (Wildman–Crippen LogP) is 7.45. The fourth-order valence-corrected chi connectivity index (χ4v) is 3.87. The van der Waals surface area contributed by atoms with E-state index in [1.807, 2.05) is 30.3 Å². The molecule has 0 radical (unpaired) electrons. The largest absolute Gasteiger partial charge is 0.265 e. The van der Waals surface area contributed by atoms with Gasteiger partial charge in [-0.25, -0.2) is 4.39 Å². The molecule has 0 aromatic heterocycles. The fourth-order valence-electron chi connectivity index (χ4n) is 3.87. The van der Waals surface area contributed by atoms with E-state index < -0.39 is 0 Å². The van der Waals surface area contributed by atoms with Crippen molar-refractivity contribution in [2.45, 2.75) is 51.4 Å². The molecule has 2 aromatic carbocycles. The first-order valence-corrected chi connectivity index (χ1v) is 9.74. The molecule has 0 heterocycles. The third-order valence-corrected chi connectivity index (χ3v) is 5.46. The molecule has 3 rings (SSSR count). The molecule has 0 saturated heterocycles. The van der Waals surface area contributed by atoms with E-state index in [1.165, 1.54) is 25.7 Å². The Morgan fingerprint density at radius 3 is 2.42 bits per heavy atom. The lowest BCUT2D eigenvalue weighted by molar-refractivity contribution is 0.374. The zero-order valence-corrected chi connectivity index (χ0v) is 15.6. The van der Waals surface area contributed by atoms with Gasteiger partial charge in [0.15, 0.2) is 0 Å². The number of rotatable bonds is 6. The zero-order chi connectivity index (χ0) is 18.4. The van der Waals surface area contributed by atoms with Crippen LogP contribution in [0.2, 0.25) is 0 Å². The van der Waals surface area contributed by atoms with Crippen LogP contribution in [0.5, 0.6) is 0 Å². The molecule has 1 aliphatic rings. The summed E-state index contributed by atoms with van der Waals surface area (Å²) in [5, 5.41) is 0. The van der Waals surface area contributed by atoms with Gasteiger partial charge in [-0.3, -0.25) is 4.99 Å². The zero-order valence-electron chi connectivity index (χ0n) is 15.6. The van der Waals surface area contributed by atoms with Crippen molar-refractivity contribution >= 4 is 12.4 Å². The average molecular weight is 349 g/mol. The Balaban J connectivity index is 1.67. The van der Waals surface area contributed by atoms with Crippen molar-refractivity contribution in [3.63, 3.8) is 0 Å². The predicted molar refractivity (Wildman–Crippen MR) is 110 cm³/mol. The monoisotopic (exact) mass is 349 g/mol. The van der Waals surface area contributed by atoms with Crippen LogP contribution in [-0.4, -0.2) is 6.72 Å². The van der Waals surface area contributed by atoms with Crippen molar-refractivity contribution in [1.29, 1.82) is 0 Å². The Morgan fingerprint density at radius 2 is 1.81 bits per heavy atom. The van der Waals surface area contributed by atoms with E-state index in [0.717, 1.165) is 29.7 Å². The van der Waals surface area contributed by atoms with E-state index in [-0.39, 0.29) is 5.82 Å². The maximum atomic E-state index is 14.7. The number of halogens is 1. The molecule has 0 spiro atoms. The van der Waals surface area contributed by atoms with Gasteiger partial charge in [0.2, 0.25) is 0 Å². The summed E-state index contributed by atoms with van der Waals surface area (Å²) >= 11 is 0. The van der Waals surface area contributed by atoms with E-state index in [4.69, 9.17) is 0 Å². The second kappa shape index (κ2) is 8.93. The van der Waals surface area contributed by atoms with Crippen LogP contribution in [-0.2, 0) is 0 Å². The molecular formula is C24H28FN. The summed E-state index contributed by atoms with van der Waals surface area (Å²) in [6.07, 6.45) is 11.8. The van der Waals surface area contributed by atoms with Crippen molar-refractivity contribution in [2.75, 3.05) is 0 Å². The Bertz CT molecular complexity index is 752. The molecular weight excluding hydrogens is 321 g/mol. The molecule has 0 unspecified atom stereocenters. The van der Waals surface area contributed by atoms with Crippen LogP contribution in [0.15, 0.2) is 59.6 Å². The summed E-state index contributed by atoms with van der Waals surface area (Å²) in [5.74, 6) is 1.06. The number of hydrogen-bond donors (Lipinski definition) is 0. The standard InChI is InChI=1S/C24H28FN/c1-3-4-5-6-18-7-9-19(10-8-18)21-13-16-23(24(25)17-21)20-11-14-22(26-2)15-12-20/h5-6,11-19H,2-4,7-10H2,1H3. The molecule has 136 valence electrons. The maximum Gasteiger partial charge on any atom is 0.131 e. The summed E-state index contributed by atoms with van der Waals surface area (Å²) in [5.41, 5.74) is 3.48. The SMILES string of the molecule is C=Nc1ccc(-c2ccc(C3CCC(C=CCCC)CC3)cc2F)cc1. The van der Waals surface area contributed by atoms with Crippen LogP contribution in [0.25, 0.3) is 11.1 Å². The highest BCUT2D eigenvalue weighted by Crippen LogP contribution is 2.37. The molecule has 2 aromatic rings. The number of aliphatic imine (C=N–C) groups is 1. The van der Waals surface area contributed by atoms with Crippen LogP contribution < -0.4 is 0 Å². The summed E-state index contributed by atoms with van der Waals surface area (Å²) < 4.78 is 14.7. The quantitative estimate of drug-likeness (QED) is 0.379. The van der Waals surface area contributed by atoms with Gasteiger partial charge in [0.05, 0.1) is 5.69 Å². The van der Waals surface area contributed by atoms with E-state index in [0.29, 0.717) is 17.4 Å². The fraction of sp³-hybridized carbons (Fsp3) is 0.375. The van der Waals surface area contributed by atoms with Crippen molar-refractivity contribution in [3.05, 3.63) is 66.0 Å². The third kappa shape index (κ3) is 4.49. The van der Waals surface area contributed by atoms with E-state index in [9.17, 15) is 4.39 Å². The van der Waals surface area contributed by atoms with Gasteiger partial charge in [-0.1, -0.05) is 49.8 Å². The number of benzene rings is 2. The van der Waals surface area contributed by atoms with Crippen LogP contribution in [0.3, 0.4) is 0 Å². The molecule has 26 heavy (non-hydrogen) atoms. The highest BCUT2D eigenvalue weighted by Gasteiger charge is 2.21. The lowest BCUT2D eigenvalue weighted by atomic mass is 9.78. The minimum atomic E-state index is -0.133. The summed E-state index contributed by atoms with van der Waals surface area (Å²) in [6, 6.07) is 13.3. The Labute approximate surface area is 156 Å². The van der Waals surface area contributed by atoms with Gasteiger partial charge in [-0.05, 0) is 80.0 Å². The molecule has 1 fully saturated rings. The first-order chi connectivity index (χ1) is 12.7. The summed E-state index contributed by atoms with van der Waals surface area (Å²) in [7, 11) is 0. The lowest BCUT2D eigenvalue weighted by Gasteiger charge is -2.27. The van der Waals surface area contributed by atoms with Crippen LogP contribution >= 0.6 is 0 Å². The van der Waals surface area contributed by atoms with E-state index in [2.05, 4.69) is 36.9 Å². The first kappa shape index (κ1) is 18.6. The molecule has 0 amide bonds. The van der Waals surface area contributed by atoms with Crippen LogP contribution in [0.1, 0.15) is 56.9 Å². The van der Waals surface area contributed by atoms with Crippen LogP contribution in [0.4, 0.5) is 10.1 Å². The van der Waals surface area contributed by atoms with Gasteiger partial charge in [-0.15, -0.1) is 0 Å².